The minimum atomic E-state index is -3.77. The largest absolute Gasteiger partial charge is 0.478 e. The first-order valence-electron chi connectivity index (χ1n) is 11.7. The number of amides is 2. The minimum absolute atomic E-state index is 0.0787. The van der Waals surface area contributed by atoms with E-state index in [2.05, 4.69) is 17.6 Å². The number of rotatable bonds is 6. The van der Waals surface area contributed by atoms with Gasteiger partial charge in [-0.05, 0) is 61.9 Å². The maximum atomic E-state index is 13.4. The van der Waals surface area contributed by atoms with Crippen molar-refractivity contribution in [3.05, 3.63) is 47.5 Å². The first kappa shape index (κ1) is 24.2. The van der Waals surface area contributed by atoms with E-state index in [0.29, 0.717) is 36.3 Å². The predicted octanol–water partition coefficient (Wildman–Crippen LogP) is 3.71. The molecule has 0 aliphatic carbocycles. The number of nitrogens with one attached hydrogen (secondary N) is 2. The van der Waals surface area contributed by atoms with E-state index in [9.17, 15) is 18.0 Å². The third-order valence-corrected chi connectivity index (χ3v) is 8.55. The van der Waals surface area contributed by atoms with Gasteiger partial charge in [-0.2, -0.15) is 4.31 Å². The van der Waals surface area contributed by atoms with Crippen LogP contribution in [0.15, 0.2) is 41.3 Å². The molecular formula is C25H31N3O5S. The maximum absolute atomic E-state index is 13.4. The fourth-order valence-corrected chi connectivity index (χ4v) is 6.13. The second-order valence-electron chi connectivity index (χ2n) is 8.84. The normalized spacial score (nSPS) is 19.1. The Balaban J connectivity index is 1.45. The molecule has 34 heavy (non-hydrogen) atoms. The molecule has 0 saturated carbocycles. The van der Waals surface area contributed by atoms with Crippen LogP contribution in [0.5, 0.6) is 5.75 Å². The summed E-state index contributed by atoms with van der Waals surface area (Å²) in [5.74, 6) is -0.193. The Morgan fingerprint density at radius 2 is 1.91 bits per heavy atom. The number of hydrogen-bond acceptors (Lipinski definition) is 5. The molecule has 1 atom stereocenters. The number of ether oxygens (including phenoxy) is 1. The highest BCUT2D eigenvalue weighted by Gasteiger charge is 2.35. The number of sulfonamides is 1. The Labute approximate surface area is 200 Å². The van der Waals surface area contributed by atoms with Crippen LogP contribution in [0.1, 0.15) is 44.2 Å². The molecule has 9 heteroatoms. The molecule has 1 unspecified atom stereocenters. The molecule has 4 rings (SSSR count). The lowest BCUT2D eigenvalue weighted by atomic mass is 9.97. The van der Waals surface area contributed by atoms with Crippen molar-refractivity contribution < 1.29 is 22.7 Å². The number of carbonyl (C=O) groups is 2. The van der Waals surface area contributed by atoms with E-state index in [4.69, 9.17) is 4.74 Å². The predicted molar refractivity (Wildman–Crippen MR) is 130 cm³/mol. The van der Waals surface area contributed by atoms with Gasteiger partial charge < -0.3 is 15.4 Å². The highest BCUT2D eigenvalue weighted by molar-refractivity contribution is 7.89. The number of carbonyl (C=O) groups excluding carboxylic acids is 2. The van der Waals surface area contributed by atoms with Crippen molar-refractivity contribution in [3.8, 4) is 5.75 Å². The summed E-state index contributed by atoms with van der Waals surface area (Å²) in [4.78, 5) is 25.0. The molecule has 2 amide bonds. The summed E-state index contributed by atoms with van der Waals surface area (Å²) < 4.78 is 34.0. The molecule has 1 saturated heterocycles. The van der Waals surface area contributed by atoms with E-state index >= 15 is 0 Å². The Morgan fingerprint density at radius 1 is 1.18 bits per heavy atom. The van der Waals surface area contributed by atoms with E-state index in [1.165, 1.54) is 10.4 Å². The van der Waals surface area contributed by atoms with Crippen LogP contribution < -0.4 is 15.4 Å². The average Bonchev–Trinajstić information content (AvgIpc) is 2.83. The third kappa shape index (κ3) is 4.81. The summed E-state index contributed by atoms with van der Waals surface area (Å²) in [6.07, 6.45) is 1.64. The molecule has 2 aromatic rings. The smallest absolute Gasteiger partial charge is 0.265 e. The lowest BCUT2D eigenvalue weighted by Gasteiger charge is -2.32. The molecule has 1 fully saturated rings. The molecule has 8 nitrogen and oxygen atoms in total. The number of piperidine rings is 1. The SMILES string of the molecule is CCc1cccc(NC(=O)C2CCN(S(=O)(=O)c3cc4c(cc3C)NC(=O)C(CC)O4)CC2)c1. The van der Waals surface area contributed by atoms with Gasteiger partial charge in [0.15, 0.2) is 6.10 Å². The molecular weight excluding hydrogens is 454 g/mol. The number of benzene rings is 2. The Hall–Kier alpha value is -2.91. The van der Waals surface area contributed by atoms with Crippen LogP contribution in [0, 0.1) is 12.8 Å². The van der Waals surface area contributed by atoms with Gasteiger partial charge in [-0.25, -0.2) is 8.42 Å². The number of fused-ring (bicyclic) bond motifs is 1. The Kier molecular flexibility index (Phi) is 6.95. The van der Waals surface area contributed by atoms with Crippen molar-refractivity contribution in [3.63, 3.8) is 0 Å². The van der Waals surface area contributed by atoms with Gasteiger partial charge in [-0.1, -0.05) is 26.0 Å². The van der Waals surface area contributed by atoms with Gasteiger partial charge >= 0.3 is 0 Å². The average molecular weight is 486 g/mol. The van der Waals surface area contributed by atoms with Crippen LogP contribution in [0.25, 0.3) is 0 Å². The second kappa shape index (κ2) is 9.76. The number of aryl methyl sites for hydroxylation is 2. The summed E-state index contributed by atoms with van der Waals surface area (Å²) in [5.41, 5.74) is 2.93. The summed E-state index contributed by atoms with van der Waals surface area (Å²) >= 11 is 0. The topological polar surface area (TPSA) is 105 Å². The summed E-state index contributed by atoms with van der Waals surface area (Å²) in [6.45, 7) is 6.13. The maximum Gasteiger partial charge on any atom is 0.265 e. The lowest BCUT2D eigenvalue weighted by molar-refractivity contribution is -0.123. The highest BCUT2D eigenvalue weighted by atomic mass is 32.2. The van der Waals surface area contributed by atoms with Gasteiger partial charge in [-0.15, -0.1) is 0 Å². The van der Waals surface area contributed by atoms with Gasteiger partial charge in [0.05, 0.1) is 10.6 Å². The zero-order valence-electron chi connectivity index (χ0n) is 19.8. The fourth-order valence-electron chi connectivity index (χ4n) is 4.44. The second-order valence-corrected chi connectivity index (χ2v) is 10.7. The van der Waals surface area contributed by atoms with E-state index in [1.54, 1.807) is 13.0 Å². The van der Waals surface area contributed by atoms with Crippen molar-refractivity contribution in [2.75, 3.05) is 23.7 Å². The first-order chi connectivity index (χ1) is 16.2. The monoisotopic (exact) mass is 485 g/mol. The fraction of sp³-hybridized carbons (Fsp3) is 0.440. The first-order valence-corrected chi connectivity index (χ1v) is 13.2. The van der Waals surface area contributed by atoms with Crippen molar-refractivity contribution >= 4 is 33.2 Å². The van der Waals surface area contributed by atoms with Crippen LogP contribution in [0.2, 0.25) is 0 Å². The zero-order chi connectivity index (χ0) is 24.5. The van der Waals surface area contributed by atoms with E-state index in [-0.39, 0.29) is 35.7 Å². The van der Waals surface area contributed by atoms with Crippen LogP contribution in [-0.2, 0) is 26.0 Å². The van der Waals surface area contributed by atoms with Crippen LogP contribution in [0.3, 0.4) is 0 Å². The van der Waals surface area contributed by atoms with Crippen molar-refractivity contribution in [2.45, 2.75) is 57.5 Å². The molecule has 182 valence electrons. The van der Waals surface area contributed by atoms with Crippen LogP contribution in [0.4, 0.5) is 11.4 Å². The molecule has 0 spiro atoms. The standard InChI is InChI=1S/C25H31N3O5S/c1-4-17-7-6-8-19(14-17)26-24(29)18-9-11-28(12-10-18)34(31,32)23-15-22-20(13-16(23)3)27-25(30)21(5-2)33-22/h6-8,13-15,18,21H,4-5,9-12H2,1-3H3,(H,26,29)(H,27,30). The van der Waals surface area contributed by atoms with Crippen molar-refractivity contribution in [1.29, 1.82) is 0 Å². The van der Waals surface area contributed by atoms with E-state index in [1.807, 2.05) is 31.2 Å². The molecule has 0 bridgehead atoms. The minimum Gasteiger partial charge on any atom is -0.478 e. The lowest BCUT2D eigenvalue weighted by Crippen LogP contribution is -2.41. The van der Waals surface area contributed by atoms with Gasteiger partial charge in [0.2, 0.25) is 15.9 Å². The van der Waals surface area contributed by atoms with Gasteiger partial charge in [0.25, 0.3) is 5.91 Å². The Morgan fingerprint density at radius 3 is 2.59 bits per heavy atom. The highest BCUT2D eigenvalue weighted by Crippen LogP contribution is 2.36. The number of anilines is 2. The summed E-state index contributed by atoms with van der Waals surface area (Å²) in [7, 11) is -3.77. The van der Waals surface area contributed by atoms with Gasteiger partial charge in [0, 0.05) is 30.8 Å². The zero-order valence-corrected chi connectivity index (χ0v) is 20.6. The molecule has 2 aliphatic rings. The van der Waals surface area contributed by atoms with Crippen LogP contribution in [-0.4, -0.2) is 43.7 Å². The van der Waals surface area contributed by atoms with Gasteiger partial charge in [-0.3, -0.25) is 9.59 Å². The quantitative estimate of drug-likeness (QED) is 0.649. The Bertz CT molecular complexity index is 1200. The van der Waals surface area contributed by atoms with Crippen LogP contribution >= 0.6 is 0 Å². The summed E-state index contributed by atoms with van der Waals surface area (Å²) in [6, 6.07) is 10.9. The molecule has 2 N–H and O–H groups in total. The van der Waals surface area contributed by atoms with E-state index in [0.717, 1.165) is 17.7 Å². The summed E-state index contributed by atoms with van der Waals surface area (Å²) in [5, 5.41) is 5.76. The third-order valence-electron chi connectivity index (χ3n) is 6.51. The number of hydrogen-bond donors (Lipinski definition) is 2. The molecule has 2 aromatic carbocycles. The van der Waals surface area contributed by atoms with E-state index < -0.39 is 16.1 Å². The van der Waals surface area contributed by atoms with Gasteiger partial charge in [0.1, 0.15) is 5.75 Å². The molecule has 0 radical (unpaired) electrons. The molecule has 0 aromatic heterocycles. The molecule has 2 heterocycles. The van der Waals surface area contributed by atoms with Crippen molar-refractivity contribution in [1.82, 2.24) is 4.31 Å². The number of nitrogens with zero attached hydrogens (tertiary/aromatic N) is 1. The molecule has 2 aliphatic heterocycles. The van der Waals surface area contributed by atoms with Crippen molar-refractivity contribution in [2.24, 2.45) is 5.92 Å².